The van der Waals surface area contributed by atoms with E-state index >= 15 is 0 Å². The Bertz CT molecular complexity index is 623. The van der Waals surface area contributed by atoms with Gasteiger partial charge < -0.3 is 22.0 Å². The molecule has 21 heavy (non-hydrogen) atoms. The predicted octanol–water partition coefficient (Wildman–Crippen LogP) is 1.39. The number of amidine groups is 1. The number of benzene rings is 1. The topological polar surface area (TPSA) is 41.4 Å². The zero-order valence-corrected chi connectivity index (χ0v) is 10.9. The van der Waals surface area contributed by atoms with Crippen LogP contribution >= 0.6 is 0 Å². The number of ether oxygens (including phenoxy) is 1. The van der Waals surface area contributed by atoms with E-state index in [-0.39, 0.29) is 0 Å². The van der Waals surface area contributed by atoms with Gasteiger partial charge in [-0.2, -0.15) is 0 Å². The molecule has 112 valence electrons. The maximum atomic E-state index is 9.75. The Labute approximate surface area is 118 Å². The van der Waals surface area contributed by atoms with Gasteiger partial charge in [0.25, 0.3) is 0 Å². The molecule has 4 rings (SSSR count). The molecule has 9 heteroatoms. The van der Waals surface area contributed by atoms with E-state index in [2.05, 4.69) is 34.3 Å². The summed E-state index contributed by atoms with van der Waals surface area (Å²) in [6.45, 7) is 1.50. The Balaban J connectivity index is 0.000000233. The Hall–Kier alpha value is -2.03. The fraction of sp³-hybridized carbons (Fsp3) is 0.250. The molecule has 0 saturated carbocycles. The standard InChI is InChI=1S/C12H11N3O.BF4/c1-2-4-9-8(3-1)5-10-12(9)15-7-13-14-11(15)6-16-10;2-1(3,4)5/h1-4,13H,5-7H2;/q;-1/p+1. The molecule has 0 unspecified atom stereocenters. The summed E-state index contributed by atoms with van der Waals surface area (Å²) in [6, 6.07) is 8.51. The van der Waals surface area contributed by atoms with Crippen molar-refractivity contribution in [3.8, 4) is 0 Å². The minimum absolute atomic E-state index is 0.614. The second-order valence-corrected chi connectivity index (χ2v) is 4.73. The second kappa shape index (κ2) is 5.07. The first-order chi connectivity index (χ1) is 9.93. The molecule has 0 bridgehead atoms. The lowest BCUT2D eigenvalue weighted by Crippen LogP contribution is -2.77. The Morgan fingerprint density at radius 2 is 1.90 bits per heavy atom. The number of halogens is 4. The zero-order chi connectivity index (χ0) is 15.0. The summed E-state index contributed by atoms with van der Waals surface area (Å²) in [7, 11) is -6.00. The lowest BCUT2D eigenvalue weighted by atomic mass is 10.1. The highest BCUT2D eigenvalue weighted by Gasteiger charge is 2.37. The first-order valence-electron chi connectivity index (χ1n) is 6.41. The van der Waals surface area contributed by atoms with E-state index in [9.17, 15) is 17.3 Å². The van der Waals surface area contributed by atoms with Crippen molar-refractivity contribution in [2.45, 2.75) is 6.42 Å². The van der Waals surface area contributed by atoms with Gasteiger partial charge >= 0.3 is 7.25 Å². The highest BCUT2D eigenvalue weighted by molar-refractivity contribution is 6.50. The average molecular weight is 301 g/mol. The molecule has 0 saturated heterocycles. The van der Waals surface area contributed by atoms with Crippen LogP contribution in [0.2, 0.25) is 0 Å². The van der Waals surface area contributed by atoms with Gasteiger partial charge in [0, 0.05) is 12.0 Å². The van der Waals surface area contributed by atoms with Crippen molar-refractivity contribution in [1.29, 1.82) is 0 Å². The van der Waals surface area contributed by atoms with Crippen LogP contribution in [0.25, 0.3) is 5.70 Å². The van der Waals surface area contributed by atoms with Crippen LogP contribution in [-0.2, 0) is 11.2 Å². The lowest BCUT2D eigenvalue weighted by Gasteiger charge is -2.25. The van der Waals surface area contributed by atoms with Crippen molar-refractivity contribution < 1.29 is 27.4 Å². The lowest BCUT2D eigenvalue weighted by molar-refractivity contribution is -0.661. The molecule has 1 aromatic carbocycles. The quantitative estimate of drug-likeness (QED) is 0.447. The van der Waals surface area contributed by atoms with Gasteiger partial charge in [-0.15, -0.1) is 0 Å². The largest absolute Gasteiger partial charge is 0.673 e. The van der Waals surface area contributed by atoms with E-state index in [0.29, 0.717) is 6.61 Å². The highest BCUT2D eigenvalue weighted by Crippen LogP contribution is 2.37. The van der Waals surface area contributed by atoms with Crippen molar-refractivity contribution in [1.82, 2.24) is 4.90 Å². The van der Waals surface area contributed by atoms with Gasteiger partial charge in [-0.3, -0.25) is 4.90 Å². The van der Waals surface area contributed by atoms with E-state index < -0.39 is 7.25 Å². The van der Waals surface area contributed by atoms with Gasteiger partial charge in [-0.25, -0.2) is 5.43 Å². The average Bonchev–Trinajstić information content (AvgIpc) is 2.99. The number of hydrogen-bond acceptors (Lipinski definition) is 3. The summed E-state index contributed by atoms with van der Waals surface area (Å²) in [4.78, 5) is 2.27. The molecule has 0 fully saturated rings. The van der Waals surface area contributed by atoms with Crippen LogP contribution in [0.3, 0.4) is 0 Å². The molecule has 0 atom stereocenters. The minimum atomic E-state index is -6.00. The SMILES string of the molecule is F[B-](F)(F)F.c1ccc2c(c1)CC1=C2N2C[NH2+]N=C2CO1. The van der Waals surface area contributed by atoms with E-state index in [1.54, 1.807) is 0 Å². The van der Waals surface area contributed by atoms with Crippen LogP contribution in [0, 0.1) is 0 Å². The Morgan fingerprint density at radius 3 is 2.67 bits per heavy atom. The fourth-order valence-electron chi connectivity index (χ4n) is 2.62. The molecule has 0 radical (unpaired) electrons. The Morgan fingerprint density at radius 1 is 1.19 bits per heavy atom. The number of hydrogen-bond donors (Lipinski definition) is 1. The van der Waals surface area contributed by atoms with E-state index in [0.717, 1.165) is 24.7 Å². The van der Waals surface area contributed by atoms with E-state index in [1.165, 1.54) is 16.8 Å². The smallest absolute Gasteiger partial charge is 0.487 e. The van der Waals surface area contributed by atoms with Gasteiger partial charge in [0.05, 0.1) is 5.70 Å². The van der Waals surface area contributed by atoms with Gasteiger partial charge in [0.15, 0.2) is 13.3 Å². The molecule has 0 aromatic heterocycles. The number of allylic oxidation sites excluding steroid dienone is 1. The van der Waals surface area contributed by atoms with Gasteiger partial charge in [0.2, 0.25) is 5.84 Å². The summed E-state index contributed by atoms with van der Waals surface area (Å²) >= 11 is 0. The van der Waals surface area contributed by atoms with Gasteiger partial charge in [-0.05, 0) is 5.56 Å². The molecule has 2 N–H and O–H groups in total. The maximum Gasteiger partial charge on any atom is 0.673 e. The van der Waals surface area contributed by atoms with Crippen molar-refractivity contribution in [3.63, 3.8) is 0 Å². The molecule has 0 amide bonds. The molecule has 3 aliphatic rings. The van der Waals surface area contributed by atoms with Crippen LogP contribution in [-0.4, -0.2) is 31.3 Å². The summed E-state index contributed by atoms with van der Waals surface area (Å²) in [5.41, 5.74) is 5.85. The molecule has 0 spiro atoms. The molecule has 4 nitrogen and oxygen atoms in total. The van der Waals surface area contributed by atoms with Crippen LogP contribution in [0.15, 0.2) is 35.1 Å². The zero-order valence-electron chi connectivity index (χ0n) is 10.9. The molecule has 2 aliphatic heterocycles. The van der Waals surface area contributed by atoms with Crippen LogP contribution < -0.4 is 5.43 Å². The number of quaternary nitrogens is 1. The third-order valence-electron chi connectivity index (χ3n) is 3.35. The van der Waals surface area contributed by atoms with Crippen molar-refractivity contribution in [2.75, 3.05) is 13.3 Å². The first-order valence-corrected chi connectivity index (χ1v) is 6.41. The third kappa shape index (κ3) is 2.87. The number of fused-ring (bicyclic) bond motifs is 4. The summed E-state index contributed by atoms with van der Waals surface area (Å²) < 4.78 is 44.8. The van der Waals surface area contributed by atoms with Crippen molar-refractivity contribution in [2.24, 2.45) is 5.10 Å². The number of nitrogens with zero attached hydrogens (tertiary/aromatic N) is 2. The maximum absolute atomic E-state index is 9.75. The summed E-state index contributed by atoms with van der Waals surface area (Å²) in [5.74, 6) is 2.14. The number of rotatable bonds is 0. The highest BCUT2D eigenvalue weighted by atomic mass is 19.5. The molecule has 1 aromatic rings. The molecular weight excluding hydrogens is 289 g/mol. The fourth-order valence-corrected chi connectivity index (χ4v) is 2.62. The summed E-state index contributed by atoms with van der Waals surface area (Å²) in [6.07, 6.45) is 0.926. The van der Waals surface area contributed by atoms with Crippen LogP contribution in [0.5, 0.6) is 0 Å². The molecule has 2 heterocycles. The molecular formula is C12H12BF4N3O. The van der Waals surface area contributed by atoms with Crippen molar-refractivity contribution in [3.05, 3.63) is 41.2 Å². The Kier molecular flexibility index (Phi) is 3.36. The van der Waals surface area contributed by atoms with Gasteiger partial charge in [0.1, 0.15) is 5.76 Å². The first kappa shape index (κ1) is 13.9. The van der Waals surface area contributed by atoms with E-state index in [4.69, 9.17) is 4.74 Å². The number of nitrogens with two attached hydrogens (primary N) is 1. The van der Waals surface area contributed by atoms with Crippen LogP contribution in [0.1, 0.15) is 11.1 Å². The summed E-state index contributed by atoms with van der Waals surface area (Å²) in [5, 5.41) is 4.35. The minimum Gasteiger partial charge on any atom is -0.487 e. The second-order valence-electron chi connectivity index (χ2n) is 4.73. The van der Waals surface area contributed by atoms with Gasteiger partial charge in [-0.1, -0.05) is 29.4 Å². The monoisotopic (exact) mass is 301 g/mol. The van der Waals surface area contributed by atoms with Crippen LogP contribution in [0.4, 0.5) is 17.3 Å². The van der Waals surface area contributed by atoms with E-state index in [1.807, 2.05) is 5.43 Å². The molecule has 1 aliphatic carbocycles. The normalized spacial score (nSPS) is 19.0. The third-order valence-corrected chi connectivity index (χ3v) is 3.35. The predicted molar refractivity (Wildman–Crippen MR) is 69.3 cm³/mol. The van der Waals surface area contributed by atoms with Crippen molar-refractivity contribution >= 4 is 18.8 Å².